The molecule has 2 rings (SSSR count). The molecule has 3 atom stereocenters. The maximum absolute atomic E-state index is 13.0. The quantitative estimate of drug-likeness (QED) is 0.824. The first-order chi connectivity index (χ1) is 9.08. The van der Waals surface area contributed by atoms with Gasteiger partial charge in [0.05, 0.1) is 0 Å². The van der Waals surface area contributed by atoms with Crippen LogP contribution in [0.5, 0.6) is 0 Å². The molecule has 0 radical (unpaired) electrons. The van der Waals surface area contributed by atoms with Crippen molar-refractivity contribution < 1.29 is 4.39 Å². The normalized spacial score (nSPS) is 25.3. The van der Waals surface area contributed by atoms with E-state index in [1.165, 1.54) is 37.8 Å². The van der Waals surface area contributed by atoms with Gasteiger partial charge in [0, 0.05) is 11.1 Å². The molecule has 3 heteroatoms. The van der Waals surface area contributed by atoms with Gasteiger partial charge in [0.25, 0.3) is 0 Å². The summed E-state index contributed by atoms with van der Waals surface area (Å²) < 4.78 is 13.0. The summed E-state index contributed by atoms with van der Waals surface area (Å²) in [5.74, 6) is 1.29. The minimum absolute atomic E-state index is 0.169. The monoisotopic (exact) mass is 283 g/mol. The fourth-order valence-electron chi connectivity index (χ4n) is 2.99. The summed E-state index contributed by atoms with van der Waals surface area (Å²) in [6, 6.07) is 4.81. The van der Waals surface area contributed by atoms with E-state index in [9.17, 15) is 4.39 Å². The van der Waals surface area contributed by atoms with Crippen molar-refractivity contribution in [3.63, 3.8) is 0 Å². The van der Waals surface area contributed by atoms with Crippen molar-refractivity contribution in [1.82, 2.24) is 5.32 Å². The van der Waals surface area contributed by atoms with E-state index >= 15 is 0 Å². The number of nitrogens with one attached hydrogen (secondary N) is 1. The summed E-state index contributed by atoms with van der Waals surface area (Å²) in [6.07, 6.45) is 5.38. The Bertz CT molecular complexity index is 421. The van der Waals surface area contributed by atoms with Crippen LogP contribution in [0.1, 0.15) is 51.1 Å². The van der Waals surface area contributed by atoms with E-state index in [2.05, 4.69) is 19.2 Å². The van der Waals surface area contributed by atoms with E-state index in [-0.39, 0.29) is 11.9 Å². The zero-order chi connectivity index (χ0) is 13.8. The van der Waals surface area contributed by atoms with Crippen LogP contribution >= 0.6 is 11.6 Å². The lowest BCUT2D eigenvalue weighted by molar-refractivity contribution is 0.242. The fourth-order valence-corrected chi connectivity index (χ4v) is 3.32. The fraction of sp³-hybridized carbons (Fsp3) is 0.625. The summed E-state index contributed by atoms with van der Waals surface area (Å²) in [7, 11) is 0. The molecular weight excluding hydrogens is 261 g/mol. The minimum atomic E-state index is -0.276. The van der Waals surface area contributed by atoms with Crippen LogP contribution in [0.3, 0.4) is 0 Å². The zero-order valence-corrected chi connectivity index (χ0v) is 12.5. The van der Waals surface area contributed by atoms with E-state index in [1.807, 2.05) is 0 Å². The Morgan fingerprint density at radius 3 is 2.79 bits per heavy atom. The van der Waals surface area contributed by atoms with Crippen molar-refractivity contribution in [2.45, 2.75) is 45.6 Å². The largest absolute Gasteiger partial charge is 0.310 e. The maximum Gasteiger partial charge on any atom is 0.124 e. The van der Waals surface area contributed by atoms with Gasteiger partial charge in [-0.3, -0.25) is 0 Å². The summed E-state index contributed by atoms with van der Waals surface area (Å²) in [5.41, 5.74) is 0.978. The third-order valence-electron chi connectivity index (χ3n) is 4.40. The second-order valence-corrected chi connectivity index (χ2v) is 6.22. The van der Waals surface area contributed by atoms with Crippen molar-refractivity contribution in [3.05, 3.63) is 34.6 Å². The van der Waals surface area contributed by atoms with E-state index < -0.39 is 0 Å². The highest BCUT2D eigenvalue weighted by atomic mass is 35.5. The third-order valence-corrected chi connectivity index (χ3v) is 4.73. The Hall–Kier alpha value is -0.600. The lowest BCUT2D eigenvalue weighted by atomic mass is 9.80. The van der Waals surface area contributed by atoms with Gasteiger partial charge in [-0.15, -0.1) is 0 Å². The van der Waals surface area contributed by atoms with Gasteiger partial charge in [0.2, 0.25) is 0 Å². The van der Waals surface area contributed by atoms with E-state index in [0.29, 0.717) is 5.02 Å². The van der Waals surface area contributed by atoms with Crippen LogP contribution in [0.15, 0.2) is 18.2 Å². The minimum Gasteiger partial charge on any atom is -0.310 e. The predicted molar refractivity (Wildman–Crippen MR) is 78.9 cm³/mol. The van der Waals surface area contributed by atoms with Crippen molar-refractivity contribution >= 4 is 11.6 Å². The van der Waals surface area contributed by atoms with E-state index in [1.54, 1.807) is 6.07 Å². The first kappa shape index (κ1) is 14.8. The average Bonchev–Trinajstić information content (AvgIpc) is 2.37. The van der Waals surface area contributed by atoms with E-state index in [4.69, 9.17) is 11.6 Å². The molecule has 0 aliphatic heterocycles. The van der Waals surface area contributed by atoms with Crippen molar-refractivity contribution in [2.75, 3.05) is 6.54 Å². The van der Waals surface area contributed by atoms with Gasteiger partial charge in [-0.25, -0.2) is 4.39 Å². The Balaban J connectivity index is 1.91. The number of halogens is 2. The van der Waals surface area contributed by atoms with Gasteiger partial charge in [-0.05, 0) is 49.4 Å². The van der Waals surface area contributed by atoms with Gasteiger partial charge in [0.1, 0.15) is 5.82 Å². The molecule has 1 aromatic rings. The molecule has 1 fully saturated rings. The van der Waals surface area contributed by atoms with Gasteiger partial charge in [0.15, 0.2) is 0 Å². The lowest BCUT2D eigenvalue weighted by Gasteiger charge is -2.30. The molecular formula is C16H23ClFN. The van der Waals surface area contributed by atoms with Gasteiger partial charge >= 0.3 is 0 Å². The first-order valence-corrected chi connectivity index (χ1v) is 7.64. The summed E-state index contributed by atoms with van der Waals surface area (Å²) in [6.45, 7) is 5.46. The Labute approximate surface area is 120 Å². The van der Waals surface area contributed by atoms with Gasteiger partial charge in [-0.1, -0.05) is 43.9 Å². The molecule has 0 saturated heterocycles. The Kier molecular flexibility index (Phi) is 5.23. The molecule has 0 aromatic heterocycles. The molecule has 1 aliphatic carbocycles. The van der Waals surface area contributed by atoms with Gasteiger partial charge < -0.3 is 5.32 Å². The summed E-state index contributed by atoms with van der Waals surface area (Å²) in [5, 5.41) is 4.06. The maximum atomic E-state index is 13.0. The molecule has 1 nitrogen and oxygen atoms in total. The van der Waals surface area contributed by atoms with Crippen LogP contribution in [0.2, 0.25) is 5.02 Å². The number of hydrogen-bond acceptors (Lipinski definition) is 1. The highest BCUT2D eigenvalue weighted by Gasteiger charge is 2.21. The highest BCUT2D eigenvalue weighted by Crippen LogP contribution is 2.30. The van der Waals surface area contributed by atoms with Crippen LogP contribution in [-0.2, 0) is 0 Å². The van der Waals surface area contributed by atoms with Crippen molar-refractivity contribution in [2.24, 2.45) is 11.8 Å². The second kappa shape index (κ2) is 6.71. The van der Waals surface area contributed by atoms with Crippen molar-refractivity contribution in [1.29, 1.82) is 0 Å². The average molecular weight is 284 g/mol. The summed E-state index contributed by atoms with van der Waals surface area (Å²) in [4.78, 5) is 0. The van der Waals surface area contributed by atoms with E-state index in [0.717, 1.165) is 23.9 Å². The SMILES string of the molecule is CC(NCC1CCCCC1C)c1ccc(F)cc1Cl. The first-order valence-electron chi connectivity index (χ1n) is 7.26. The Morgan fingerprint density at radius 2 is 2.11 bits per heavy atom. The predicted octanol–water partition coefficient (Wildman–Crippen LogP) is 4.96. The molecule has 1 aliphatic rings. The second-order valence-electron chi connectivity index (χ2n) is 5.82. The van der Waals surface area contributed by atoms with Crippen molar-refractivity contribution in [3.8, 4) is 0 Å². The zero-order valence-electron chi connectivity index (χ0n) is 11.8. The number of benzene rings is 1. The van der Waals surface area contributed by atoms with Crippen LogP contribution in [-0.4, -0.2) is 6.54 Å². The molecule has 19 heavy (non-hydrogen) atoms. The molecule has 3 unspecified atom stereocenters. The standard InChI is InChI=1S/C16H23ClFN/c1-11-5-3-4-6-13(11)10-19-12(2)15-8-7-14(18)9-16(15)17/h7-9,11-13,19H,3-6,10H2,1-2H3. The molecule has 1 saturated carbocycles. The molecule has 0 amide bonds. The molecule has 0 heterocycles. The smallest absolute Gasteiger partial charge is 0.124 e. The third kappa shape index (κ3) is 3.93. The Morgan fingerprint density at radius 1 is 1.37 bits per heavy atom. The molecule has 1 aromatic carbocycles. The van der Waals surface area contributed by atoms with Crippen LogP contribution < -0.4 is 5.32 Å². The lowest BCUT2D eigenvalue weighted by Crippen LogP contribution is -2.31. The number of hydrogen-bond donors (Lipinski definition) is 1. The van der Waals surface area contributed by atoms with Crippen LogP contribution in [0.4, 0.5) is 4.39 Å². The molecule has 0 bridgehead atoms. The molecule has 0 spiro atoms. The van der Waals surface area contributed by atoms with Gasteiger partial charge in [-0.2, -0.15) is 0 Å². The molecule has 1 N–H and O–H groups in total. The topological polar surface area (TPSA) is 12.0 Å². The van der Waals surface area contributed by atoms with Crippen LogP contribution in [0.25, 0.3) is 0 Å². The van der Waals surface area contributed by atoms with Crippen LogP contribution in [0, 0.1) is 17.7 Å². The number of rotatable bonds is 4. The highest BCUT2D eigenvalue weighted by molar-refractivity contribution is 6.31. The molecule has 106 valence electrons. The summed E-state index contributed by atoms with van der Waals surface area (Å²) >= 11 is 6.09.